The summed E-state index contributed by atoms with van der Waals surface area (Å²) in [6, 6.07) is 4.64. The summed E-state index contributed by atoms with van der Waals surface area (Å²) >= 11 is 1.70. The molecule has 0 radical (unpaired) electrons. The molecular formula is C12H15N3OS. The van der Waals surface area contributed by atoms with E-state index in [2.05, 4.69) is 15.5 Å². The van der Waals surface area contributed by atoms with Gasteiger partial charge >= 0.3 is 0 Å². The highest BCUT2D eigenvalue weighted by molar-refractivity contribution is 7.11. The van der Waals surface area contributed by atoms with E-state index in [0.29, 0.717) is 0 Å². The minimum absolute atomic E-state index is 0.727. The lowest BCUT2D eigenvalue weighted by molar-refractivity contribution is 0.508. The predicted molar refractivity (Wildman–Crippen MR) is 65.9 cm³/mol. The van der Waals surface area contributed by atoms with Gasteiger partial charge in [0.2, 0.25) is 0 Å². The summed E-state index contributed by atoms with van der Waals surface area (Å²) in [7, 11) is 0. The van der Waals surface area contributed by atoms with Crippen molar-refractivity contribution in [2.45, 2.75) is 38.3 Å². The van der Waals surface area contributed by atoms with Gasteiger partial charge in [0, 0.05) is 25.4 Å². The minimum atomic E-state index is 0.727. The van der Waals surface area contributed by atoms with E-state index in [4.69, 9.17) is 4.42 Å². The summed E-state index contributed by atoms with van der Waals surface area (Å²) in [4.78, 5) is 0. The molecule has 1 aliphatic carbocycles. The molecule has 0 aromatic carbocycles. The van der Waals surface area contributed by atoms with Gasteiger partial charge in [-0.2, -0.15) is 0 Å². The van der Waals surface area contributed by atoms with Crippen LogP contribution in [0.15, 0.2) is 22.8 Å². The van der Waals surface area contributed by atoms with E-state index in [1.165, 1.54) is 12.8 Å². The normalized spacial score (nSPS) is 15.3. The lowest BCUT2D eigenvalue weighted by atomic mass is 10.2. The molecule has 0 spiro atoms. The van der Waals surface area contributed by atoms with Crippen LogP contribution in [0.2, 0.25) is 0 Å². The first-order chi connectivity index (χ1) is 8.40. The Bertz CT molecular complexity index is 462. The molecule has 0 atom stereocenters. The van der Waals surface area contributed by atoms with Crippen LogP contribution in [0.3, 0.4) is 0 Å². The molecule has 1 aliphatic rings. The molecule has 1 N–H and O–H groups in total. The third-order valence-electron chi connectivity index (χ3n) is 2.79. The van der Waals surface area contributed by atoms with Crippen LogP contribution in [0.25, 0.3) is 0 Å². The Kier molecular flexibility index (Phi) is 3.20. The number of nitrogens with one attached hydrogen (secondary N) is 1. The summed E-state index contributed by atoms with van der Waals surface area (Å²) in [6.45, 7) is 0.864. The van der Waals surface area contributed by atoms with Crippen molar-refractivity contribution in [3.05, 3.63) is 34.2 Å². The van der Waals surface area contributed by atoms with Crippen molar-refractivity contribution in [2.24, 2.45) is 0 Å². The van der Waals surface area contributed by atoms with Crippen molar-refractivity contribution in [1.29, 1.82) is 0 Å². The standard InChI is InChI=1S/C12H15N3OS/c1-2-10(16-7-1)5-6-11-14-15-12(17-11)8-13-9-3-4-9/h1-2,7,9,13H,3-6,8H2. The Morgan fingerprint density at radius 1 is 1.29 bits per heavy atom. The molecule has 1 saturated carbocycles. The molecule has 17 heavy (non-hydrogen) atoms. The van der Waals surface area contributed by atoms with Crippen LogP contribution in [-0.2, 0) is 19.4 Å². The maximum atomic E-state index is 5.29. The molecule has 4 nitrogen and oxygen atoms in total. The highest BCUT2D eigenvalue weighted by Gasteiger charge is 2.20. The third-order valence-corrected chi connectivity index (χ3v) is 3.78. The number of hydrogen-bond acceptors (Lipinski definition) is 5. The zero-order valence-electron chi connectivity index (χ0n) is 9.56. The van der Waals surface area contributed by atoms with Gasteiger partial charge in [-0.1, -0.05) is 0 Å². The molecule has 2 aromatic rings. The summed E-state index contributed by atoms with van der Waals surface area (Å²) < 4.78 is 5.29. The van der Waals surface area contributed by atoms with E-state index in [9.17, 15) is 0 Å². The Morgan fingerprint density at radius 2 is 2.18 bits per heavy atom. The summed E-state index contributed by atoms with van der Waals surface area (Å²) in [5.74, 6) is 1.01. The molecular weight excluding hydrogens is 234 g/mol. The van der Waals surface area contributed by atoms with Gasteiger partial charge in [0.15, 0.2) is 0 Å². The van der Waals surface area contributed by atoms with Gasteiger partial charge in [-0.15, -0.1) is 21.5 Å². The zero-order chi connectivity index (χ0) is 11.5. The molecule has 0 unspecified atom stereocenters. The molecule has 0 bridgehead atoms. The van der Waals surface area contributed by atoms with Crippen LogP contribution < -0.4 is 5.32 Å². The Balaban J connectivity index is 1.49. The van der Waals surface area contributed by atoms with Gasteiger partial charge in [0.25, 0.3) is 0 Å². The van der Waals surface area contributed by atoms with Gasteiger partial charge in [-0.25, -0.2) is 0 Å². The number of nitrogens with zero attached hydrogens (tertiary/aromatic N) is 2. The third kappa shape index (κ3) is 3.14. The van der Waals surface area contributed by atoms with E-state index in [1.54, 1.807) is 17.6 Å². The van der Waals surface area contributed by atoms with Crippen LogP contribution >= 0.6 is 11.3 Å². The molecule has 0 amide bonds. The van der Waals surface area contributed by atoms with Gasteiger partial charge in [0.1, 0.15) is 15.8 Å². The number of aromatic nitrogens is 2. The Labute approximate surface area is 104 Å². The smallest absolute Gasteiger partial charge is 0.131 e. The topological polar surface area (TPSA) is 51.0 Å². The SMILES string of the molecule is c1coc(CCc2nnc(CNC3CC3)s2)c1. The fraction of sp³-hybridized carbons (Fsp3) is 0.500. The number of furan rings is 1. The lowest BCUT2D eigenvalue weighted by Crippen LogP contribution is -2.14. The predicted octanol–water partition coefficient (Wildman–Crippen LogP) is 2.17. The maximum absolute atomic E-state index is 5.29. The molecule has 2 heterocycles. The lowest BCUT2D eigenvalue weighted by Gasteiger charge is -1.95. The van der Waals surface area contributed by atoms with E-state index in [-0.39, 0.29) is 0 Å². The first-order valence-corrected chi connectivity index (χ1v) is 6.79. The highest BCUT2D eigenvalue weighted by Crippen LogP contribution is 2.20. The maximum Gasteiger partial charge on any atom is 0.131 e. The molecule has 90 valence electrons. The number of aryl methyl sites for hydroxylation is 2. The minimum Gasteiger partial charge on any atom is -0.469 e. The van der Waals surface area contributed by atoms with E-state index >= 15 is 0 Å². The molecule has 0 aliphatic heterocycles. The van der Waals surface area contributed by atoms with Crippen LogP contribution in [0.4, 0.5) is 0 Å². The van der Waals surface area contributed by atoms with Crippen molar-refractivity contribution in [3.8, 4) is 0 Å². The van der Waals surface area contributed by atoms with Crippen molar-refractivity contribution in [3.63, 3.8) is 0 Å². The average molecular weight is 249 g/mol. The largest absolute Gasteiger partial charge is 0.469 e. The van der Waals surface area contributed by atoms with Gasteiger partial charge in [-0.05, 0) is 25.0 Å². The second-order valence-electron chi connectivity index (χ2n) is 4.32. The molecule has 1 fully saturated rings. The van der Waals surface area contributed by atoms with Crippen LogP contribution in [-0.4, -0.2) is 16.2 Å². The second-order valence-corrected chi connectivity index (χ2v) is 5.47. The molecule has 2 aromatic heterocycles. The average Bonchev–Trinajstić information content (AvgIpc) is 2.86. The summed E-state index contributed by atoms with van der Waals surface area (Å²) in [6.07, 6.45) is 6.14. The summed E-state index contributed by atoms with van der Waals surface area (Å²) in [5, 5.41) is 14.0. The van der Waals surface area contributed by atoms with E-state index < -0.39 is 0 Å². The van der Waals surface area contributed by atoms with Crippen molar-refractivity contribution < 1.29 is 4.42 Å². The number of hydrogen-bond donors (Lipinski definition) is 1. The van der Waals surface area contributed by atoms with Crippen LogP contribution in [0.1, 0.15) is 28.6 Å². The van der Waals surface area contributed by atoms with Crippen LogP contribution in [0.5, 0.6) is 0 Å². The first-order valence-electron chi connectivity index (χ1n) is 5.97. The zero-order valence-corrected chi connectivity index (χ0v) is 10.4. The van der Waals surface area contributed by atoms with Crippen molar-refractivity contribution >= 4 is 11.3 Å². The van der Waals surface area contributed by atoms with E-state index in [0.717, 1.165) is 41.2 Å². The van der Waals surface area contributed by atoms with E-state index in [1.807, 2.05) is 12.1 Å². The Morgan fingerprint density at radius 3 is 2.94 bits per heavy atom. The monoisotopic (exact) mass is 249 g/mol. The van der Waals surface area contributed by atoms with Gasteiger partial charge in [-0.3, -0.25) is 0 Å². The molecule has 0 saturated heterocycles. The first kappa shape index (κ1) is 10.9. The highest BCUT2D eigenvalue weighted by atomic mass is 32.1. The second kappa shape index (κ2) is 4.98. The van der Waals surface area contributed by atoms with Gasteiger partial charge < -0.3 is 9.73 Å². The quantitative estimate of drug-likeness (QED) is 0.852. The van der Waals surface area contributed by atoms with Crippen LogP contribution in [0, 0.1) is 0 Å². The molecule has 3 rings (SSSR count). The Hall–Kier alpha value is -1.20. The molecule has 5 heteroatoms. The van der Waals surface area contributed by atoms with Crippen molar-refractivity contribution in [1.82, 2.24) is 15.5 Å². The fourth-order valence-corrected chi connectivity index (χ4v) is 2.46. The fourth-order valence-electron chi connectivity index (χ4n) is 1.66. The summed E-state index contributed by atoms with van der Waals surface area (Å²) in [5.41, 5.74) is 0. The van der Waals surface area contributed by atoms with Gasteiger partial charge in [0.05, 0.1) is 6.26 Å². The number of rotatable bonds is 6. The van der Waals surface area contributed by atoms with Crippen molar-refractivity contribution in [2.75, 3.05) is 0 Å².